The van der Waals surface area contributed by atoms with Gasteiger partial charge in [-0.2, -0.15) is 8.42 Å². The van der Waals surface area contributed by atoms with Crippen LogP contribution in [0.4, 0.5) is 0 Å². The van der Waals surface area contributed by atoms with Crippen LogP contribution in [0.1, 0.15) is 105 Å². The van der Waals surface area contributed by atoms with Crippen LogP contribution in [-0.2, 0) is 24.1 Å². The van der Waals surface area contributed by atoms with Crippen LogP contribution >= 0.6 is 0 Å². The van der Waals surface area contributed by atoms with Gasteiger partial charge in [-0.3, -0.25) is 9.35 Å². The van der Waals surface area contributed by atoms with E-state index in [1.807, 2.05) is 0 Å². The zero-order valence-corrected chi connectivity index (χ0v) is 20.4. The molecule has 0 aromatic carbocycles. The number of methoxy groups -OCH3 is 1. The molecule has 0 radical (unpaired) electrons. The van der Waals surface area contributed by atoms with Crippen LogP contribution in [0.15, 0.2) is 0 Å². The predicted molar refractivity (Wildman–Crippen MR) is 104 cm³/mol. The molecule has 0 bridgehead atoms. The fourth-order valence-electron chi connectivity index (χ4n) is 3.02. The minimum absolute atomic E-state index is 0. The summed E-state index contributed by atoms with van der Waals surface area (Å²) in [5.74, 6) is -0.179. The SMILES string of the molecule is CCCCCCCCCC(CCCCCCCC(=O)OC)OS(=O)(=O)O.[H-].[Na+]. The van der Waals surface area contributed by atoms with E-state index in [0.29, 0.717) is 19.3 Å². The minimum Gasteiger partial charge on any atom is -1.00 e. The van der Waals surface area contributed by atoms with Gasteiger partial charge in [-0.1, -0.05) is 77.6 Å². The average molecular weight is 419 g/mol. The molecule has 0 aliphatic rings. The van der Waals surface area contributed by atoms with Crippen LogP contribution in [0.3, 0.4) is 0 Å². The molecule has 0 rings (SSSR count). The van der Waals surface area contributed by atoms with Gasteiger partial charge in [-0.25, -0.2) is 4.18 Å². The summed E-state index contributed by atoms with van der Waals surface area (Å²) in [6.45, 7) is 2.19. The first-order valence-corrected chi connectivity index (χ1v) is 11.5. The second-order valence-corrected chi connectivity index (χ2v) is 7.99. The average Bonchev–Trinajstić information content (AvgIpc) is 2.58. The van der Waals surface area contributed by atoms with E-state index < -0.39 is 16.5 Å². The Hall–Kier alpha value is 0.340. The van der Waals surface area contributed by atoms with Crippen molar-refractivity contribution in [3.63, 3.8) is 0 Å². The molecule has 6 nitrogen and oxygen atoms in total. The van der Waals surface area contributed by atoms with E-state index in [1.165, 1.54) is 39.2 Å². The molecule has 0 saturated heterocycles. The molecule has 0 aliphatic carbocycles. The summed E-state index contributed by atoms with van der Waals surface area (Å²) in [5, 5.41) is 0. The van der Waals surface area contributed by atoms with Gasteiger partial charge < -0.3 is 6.16 Å². The number of rotatable bonds is 18. The van der Waals surface area contributed by atoms with Crippen LogP contribution < -0.4 is 29.6 Å². The normalized spacial score (nSPS) is 12.4. The Balaban J connectivity index is -0.00000312. The Bertz CT molecular complexity index is 448. The van der Waals surface area contributed by atoms with Crippen molar-refractivity contribution in [2.45, 2.75) is 109 Å². The fourth-order valence-corrected chi connectivity index (χ4v) is 3.55. The monoisotopic (exact) mass is 418 g/mol. The molecular formula is C19H39NaO6S. The summed E-state index contributed by atoms with van der Waals surface area (Å²) in [6, 6.07) is 0. The van der Waals surface area contributed by atoms with Gasteiger partial charge in [-0.15, -0.1) is 0 Å². The molecule has 1 atom stereocenters. The van der Waals surface area contributed by atoms with E-state index in [2.05, 4.69) is 11.7 Å². The zero-order chi connectivity index (χ0) is 19.7. The van der Waals surface area contributed by atoms with E-state index in [-0.39, 0.29) is 37.0 Å². The molecule has 0 spiro atoms. The first-order valence-electron chi connectivity index (χ1n) is 10.1. The summed E-state index contributed by atoms with van der Waals surface area (Å²) in [4.78, 5) is 11.0. The molecule has 8 heteroatoms. The van der Waals surface area contributed by atoms with Gasteiger partial charge in [-0.05, 0) is 19.3 Å². The van der Waals surface area contributed by atoms with E-state index in [9.17, 15) is 13.2 Å². The Labute approximate surface area is 189 Å². The molecule has 1 N–H and O–H groups in total. The van der Waals surface area contributed by atoms with Gasteiger partial charge in [0.15, 0.2) is 0 Å². The molecule has 0 aromatic heterocycles. The Morgan fingerprint density at radius 2 is 1.33 bits per heavy atom. The Kier molecular flexibility index (Phi) is 21.5. The van der Waals surface area contributed by atoms with Gasteiger partial charge >= 0.3 is 45.9 Å². The van der Waals surface area contributed by atoms with Crippen LogP contribution in [-0.4, -0.2) is 32.2 Å². The summed E-state index contributed by atoms with van der Waals surface area (Å²) < 4.78 is 40.4. The van der Waals surface area contributed by atoms with E-state index in [4.69, 9.17) is 8.74 Å². The van der Waals surface area contributed by atoms with Gasteiger partial charge in [0.25, 0.3) is 0 Å². The summed E-state index contributed by atoms with van der Waals surface area (Å²) in [7, 11) is -3.00. The third-order valence-corrected chi connectivity index (χ3v) is 5.04. The number of hydrogen-bond donors (Lipinski definition) is 1. The maximum absolute atomic E-state index is 11.0. The zero-order valence-electron chi connectivity index (χ0n) is 18.6. The quantitative estimate of drug-likeness (QED) is 0.159. The number of carbonyl (C=O) groups excluding carboxylic acids is 1. The van der Waals surface area contributed by atoms with Crippen molar-refractivity contribution in [1.29, 1.82) is 0 Å². The minimum atomic E-state index is -4.39. The smallest absolute Gasteiger partial charge is 1.00 e. The molecule has 158 valence electrons. The number of unbranched alkanes of at least 4 members (excludes halogenated alkanes) is 10. The number of ether oxygens (including phenoxy) is 1. The first-order chi connectivity index (χ1) is 12.4. The van der Waals surface area contributed by atoms with Gasteiger partial charge in [0.1, 0.15) is 0 Å². The van der Waals surface area contributed by atoms with Crippen molar-refractivity contribution >= 4 is 16.4 Å². The van der Waals surface area contributed by atoms with Crippen molar-refractivity contribution in [2.75, 3.05) is 7.11 Å². The van der Waals surface area contributed by atoms with Gasteiger partial charge in [0.2, 0.25) is 0 Å². The van der Waals surface area contributed by atoms with E-state index in [0.717, 1.165) is 44.9 Å². The standard InChI is InChI=1S/C19H38O6S.Na.H/c1-3-4-5-6-7-9-12-15-18(25-26(21,22)23)16-13-10-8-11-14-17-19(20)24-2;;/h18H,3-17H2,1-2H3,(H,21,22,23);;/q;+1;-1. The van der Waals surface area contributed by atoms with Crippen molar-refractivity contribution in [1.82, 2.24) is 0 Å². The molecule has 1 unspecified atom stereocenters. The van der Waals surface area contributed by atoms with Crippen LogP contribution in [0.2, 0.25) is 0 Å². The van der Waals surface area contributed by atoms with Crippen molar-refractivity contribution in [2.24, 2.45) is 0 Å². The van der Waals surface area contributed by atoms with Crippen molar-refractivity contribution in [3.8, 4) is 0 Å². The van der Waals surface area contributed by atoms with Gasteiger partial charge in [0.05, 0.1) is 13.2 Å². The van der Waals surface area contributed by atoms with E-state index in [1.54, 1.807) is 0 Å². The van der Waals surface area contributed by atoms with Crippen molar-refractivity contribution in [3.05, 3.63) is 0 Å². The Morgan fingerprint density at radius 1 is 0.889 bits per heavy atom. The molecule has 0 saturated carbocycles. The molecule has 0 amide bonds. The molecular weight excluding hydrogens is 379 g/mol. The van der Waals surface area contributed by atoms with Crippen LogP contribution in [0.5, 0.6) is 0 Å². The number of hydrogen-bond acceptors (Lipinski definition) is 5. The summed E-state index contributed by atoms with van der Waals surface area (Å²) in [5.41, 5.74) is 0. The summed E-state index contributed by atoms with van der Waals surface area (Å²) >= 11 is 0. The first kappa shape index (κ1) is 29.5. The Morgan fingerprint density at radius 3 is 1.78 bits per heavy atom. The number of esters is 1. The van der Waals surface area contributed by atoms with Crippen molar-refractivity contribution < 1.29 is 57.7 Å². The summed E-state index contributed by atoms with van der Waals surface area (Å²) in [6.07, 6.45) is 14.0. The third-order valence-electron chi connectivity index (χ3n) is 4.52. The van der Waals surface area contributed by atoms with Crippen LogP contribution in [0, 0.1) is 0 Å². The van der Waals surface area contributed by atoms with E-state index >= 15 is 0 Å². The molecule has 0 heterocycles. The molecule has 0 fully saturated rings. The predicted octanol–water partition coefficient (Wildman–Crippen LogP) is 2.34. The maximum atomic E-state index is 11.0. The largest absolute Gasteiger partial charge is 1.00 e. The topological polar surface area (TPSA) is 89.9 Å². The maximum Gasteiger partial charge on any atom is 1.00 e. The molecule has 0 aliphatic heterocycles. The number of carbonyl (C=O) groups is 1. The van der Waals surface area contributed by atoms with Gasteiger partial charge in [0, 0.05) is 6.42 Å². The second-order valence-electron chi connectivity index (χ2n) is 6.94. The molecule has 0 aromatic rings. The fraction of sp³-hybridized carbons (Fsp3) is 0.947. The second kappa shape index (κ2) is 19.6. The molecule has 27 heavy (non-hydrogen) atoms. The third kappa shape index (κ3) is 22.5. The van der Waals surface area contributed by atoms with Crippen LogP contribution in [0.25, 0.3) is 0 Å².